The van der Waals surface area contributed by atoms with Gasteiger partial charge in [0.2, 0.25) is 21.8 Å². The molecule has 0 saturated carbocycles. The normalized spacial score (nSPS) is 13.7. The number of H-pyrrole nitrogens is 1. The second kappa shape index (κ2) is 6.71. The first-order valence-electron chi connectivity index (χ1n) is 8.84. The van der Waals surface area contributed by atoms with Gasteiger partial charge in [0.15, 0.2) is 0 Å². The number of anilines is 2. The third-order valence-corrected chi connectivity index (χ3v) is 5.87. The van der Waals surface area contributed by atoms with Crippen LogP contribution in [0.1, 0.15) is 17.0 Å². The summed E-state index contributed by atoms with van der Waals surface area (Å²) in [5.41, 5.74) is 1.73. The fraction of sp³-hybridized carbons (Fsp3) is 0.278. The zero-order chi connectivity index (χ0) is 20.9. The summed E-state index contributed by atoms with van der Waals surface area (Å²) in [4.78, 5) is 26.6. The number of sulfonamides is 1. The van der Waals surface area contributed by atoms with E-state index in [0.717, 1.165) is 11.3 Å². The highest BCUT2D eigenvalue weighted by Gasteiger charge is 2.24. The molecule has 11 heteroatoms. The Hall–Kier alpha value is -3.18. The van der Waals surface area contributed by atoms with Gasteiger partial charge in [0.1, 0.15) is 11.1 Å². The zero-order valence-electron chi connectivity index (χ0n) is 15.8. The number of carbonyl (C=O) groups excluding carboxylic acids is 1. The summed E-state index contributed by atoms with van der Waals surface area (Å²) in [6.07, 6.45) is 0.597. The smallest absolute Gasteiger partial charge is 0.277 e. The van der Waals surface area contributed by atoms with Gasteiger partial charge < -0.3 is 9.32 Å². The first-order valence-corrected chi connectivity index (χ1v) is 10.4. The second-order valence-electron chi connectivity index (χ2n) is 6.93. The van der Waals surface area contributed by atoms with Crippen LogP contribution in [-0.4, -0.2) is 37.6 Å². The Bertz CT molecular complexity index is 1310. The minimum atomic E-state index is -3.78. The van der Waals surface area contributed by atoms with Crippen molar-refractivity contribution in [3.63, 3.8) is 0 Å². The van der Waals surface area contributed by atoms with E-state index >= 15 is 0 Å². The van der Waals surface area contributed by atoms with Crippen molar-refractivity contribution in [2.75, 3.05) is 23.3 Å². The van der Waals surface area contributed by atoms with Crippen LogP contribution in [0.5, 0.6) is 0 Å². The van der Waals surface area contributed by atoms with Crippen molar-refractivity contribution in [2.24, 2.45) is 5.14 Å². The highest BCUT2D eigenvalue weighted by atomic mass is 32.2. The average Bonchev–Trinajstić information content (AvgIpc) is 3.19. The topological polar surface area (TPSA) is 151 Å². The number of furan rings is 1. The maximum absolute atomic E-state index is 12.6. The van der Waals surface area contributed by atoms with Gasteiger partial charge >= 0.3 is 0 Å². The van der Waals surface area contributed by atoms with E-state index in [0.29, 0.717) is 29.8 Å². The number of amides is 1. The number of nitrogens with one attached hydrogen (secondary N) is 2. The summed E-state index contributed by atoms with van der Waals surface area (Å²) in [6, 6.07) is 4.59. The third kappa shape index (κ3) is 3.38. The standard InChI is InChI=1S/C18H19N5O5S/c1-9-15-10(2)28-18(16(15)17(25)22-21-9)20-14(24)8-23-6-5-11-7-12(29(19,26)27)3-4-13(11)23/h3-4,7H,5-6,8H2,1-2H3,(H,20,24)(H,22,25)(H2,19,26,27). The molecule has 4 N–H and O–H groups in total. The first-order chi connectivity index (χ1) is 13.6. The van der Waals surface area contributed by atoms with E-state index < -0.39 is 15.6 Å². The molecule has 3 heterocycles. The van der Waals surface area contributed by atoms with Crippen LogP contribution in [-0.2, 0) is 21.2 Å². The van der Waals surface area contributed by atoms with Gasteiger partial charge in [0.25, 0.3) is 5.56 Å². The third-order valence-electron chi connectivity index (χ3n) is 4.96. The van der Waals surface area contributed by atoms with Crippen LogP contribution >= 0.6 is 0 Å². The Morgan fingerprint density at radius 2 is 2.10 bits per heavy atom. The van der Waals surface area contributed by atoms with Crippen LogP contribution in [0.25, 0.3) is 10.8 Å². The van der Waals surface area contributed by atoms with Gasteiger partial charge in [-0.25, -0.2) is 18.7 Å². The Balaban J connectivity index is 1.57. The van der Waals surface area contributed by atoms with Crippen LogP contribution in [0.2, 0.25) is 0 Å². The van der Waals surface area contributed by atoms with Gasteiger partial charge in [-0.3, -0.25) is 14.9 Å². The van der Waals surface area contributed by atoms with Gasteiger partial charge in [-0.1, -0.05) is 0 Å². The lowest BCUT2D eigenvalue weighted by molar-refractivity contribution is -0.115. The molecule has 1 amide bonds. The fourth-order valence-electron chi connectivity index (χ4n) is 3.66. The van der Waals surface area contributed by atoms with Crippen molar-refractivity contribution < 1.29 is 17.6 Å². The number of carbonyl (C=O) groups is 1. The number of aromatic nitrogens is 2. The molecule has 0 fully saturated rings. The van der Waals surface area contributed by atoms with Gasteiger partial charge in [-0.2, -0.15) is 5.10 Å². The van der Waals surface area contributed by atoms with Crippen molar-refractivity contribution in [2.45, 2.75) is 25.2 Å². The summed E-state index contributed by atoms with van der Waals surface area (Å²) in [7, 11) is -3.78. The fourth-order valence-corrected chi connectivity index (χ4v) is 4.22. The van der Waals surface area contributed by atoms with Crippen molar-refractivity contribution in [3.05, 3.63) is 45.6 Å². The van der Waals surface area contributed by atoms with Crippen LogP contribution in [0, 0.1) is 13.8 Å². The van der Waals surface area contributed by atoms with Gasteiger partial charge in [-0.15, -0.1) is 0 Å². The summed E-state index contributed by atoms with van der Waals surface area (Å²) in [5, 5.41) is 15.0. The molecule has 152 valence electrons. The molecule has 1 aliphatic heterocycles. The SMILES string of the molecule is Cc1n[nH]c(=O)c2c(NC(=O)CN3CCc4cc(S(N)(=O)=O)ccc43)oc(C)c12. The van der Waals surface area contributed by atoms with E-state index in [1.54, 1.807) is 19.9 Å². The molecule has 4 rings (SSSR count). The maximum atomic E-state index is 12.6. The van der Waals surface area contributed by atoms with Crippen LogP contribution in [0.15, 0.2) is 32.3 Å². The Morgan fingerprint density at radius 3 is 2.83 bits per heavy atom. The number of rotatable bonds is 4. The lowest BCUT2D eigenvalue weighted by Gasteiger charge is -2.18. The van der Waals surface area contributed by atoms with E-state index in [9.17, 15) is 18.0 Å². The van der Waals surface area contributed by atoms with Crippen LogP contribution in [0.4, 0.5) is 11.6 Å². The zero-order valence-corrected chi connectivity index (χ0v) is 16.6. The highest BCUT2D eigenvalue weighted by molar-refractivity contribution is 7.89. The molecule has 0 bridgehead atoms. The number of fused-ring (bicyclic) bond motifs is 2. The number of aromatic amines is 1. The van der Waals surface area contributed by atoms with Gasteiger partial charge in [0.05, 0.1) is 22.5 Å². The van der Waals surface area contributed by atoms with Crippen LogP contribution in [0.3, 0.4) is 0 Å². The molecular weight excluding hydrogens is 398 g/mol. The van der Waals surface area contributed by atoms with Crippen LogP contribution < -0.4 is 20.9 Å². The van der Waals surface area contributed by atoms with E-state index in [2.05, 4.69) is 15.5 Å². The number of nitrogens with zero attached hydrogens (tertiary/aromatic N) is 2. The van der Waals surface area contributed by atoms with E-state index in [4.69, 9.17) is 9.56 Å². The molecule has 0 atom stereocenters. The van der Waals surface area contributed by atoms with E-state index in [1.165, 1.54) is 12.1 Å². The molecule has 29 heavy (non-hydrogen) atoms. The van der Waals surface area contributed by atoms with Gasteiger partial charge in [0, 0.05) is 12.2 Å². The first kappa shape index (κ1) is 19.2. The van der Waals surface area contributed by atoms with Gasteiger partial charge in [-0.05, 0) is 44.0 Å². The summed E-state index contributed by atoms with van der Waals surface area (Å²) in [6.45, 7) is 4.01. The molecule has 3 aromatic rings. The molecule has 10 nitrogen and oxygen atoms in total. The Morgan fingerprint density at radius 1 is 1.34 bits per heavy atom. The predicted molar refractivity (Wildman–Crippen MR) is 106 cm³/mol. The maximum Gasteiger partial charge on any atom is 0.277 e. The highest BCUT2D eigenvalue weighted by Crippen LogP contribution is 2.31. The number of primary sulfonamides is 1. The largest absolute Gasteiger partial charge is 0.444 e. The minimum absolute atomic E-state index is 0.0188. The monoisotopic (exact) mass is 417 g/mol. The van der Waals surface area contributed by atoms with Crippen molar-refractivity contribution in [1.82, 2.24) is 10.2 Å². The Labute approximate surface area is 165 Å². The van der Waals surface area contributed by atoms with Crippen molar-refractivity contribution >= 4 is 38.3 Å². The number of nitrogens with two attached hydrogens (primary N) is 1. The molecule has 2 aromatic heterocycles. The lowest BCUT2D eigenvalue weighted by Crippen LogP contribution is -2.32. The average molecular weight is 417 g/mol. The summed E-state index contributed by atoms with van der Waals surface area (Å²) < 4.78 is 28.6. The number of hydrogen-bond donors (Lipinski definition) is 3. The van der Waals surface area contributed by atoms with Crippen molar-refractivity contribution in [3.8, 4) is 0 Å². The summed E-state index contributed by atoms with van der Waals surface area (Å²) >= 11 is 0. The molecule has 0 unspecified atom stereocenters. The molecule has 1 aliphatic rings. The quantitative estimate of drug-likeness (QED) is 0.567. The number of benzene rings is 1. The van der Waals surface area contributed by atoms with Crippen molar-refractivity contribution in [1.29, 1.82) is 0 Å². The molecular formula is C18H19N5O5S. The molecule has 1 aromatic carbocycles. The molecule has 0 saturated heterocycles. The molecule has 0 aliphatic carbocycles. The Kier molecular flexibility index (Phi) is 4.43. The number of aryl methyl sites for hydroxylation is 2. The van der Waals surface area contributed by atoms with E-state index in [1.807, 2.05) is 4.90 Å². The lowest BCUT2D eigenvalue weighted by atomic mass is 10.2. The predicted octanol–water partition coefficient (Wildman–Crippen LogP) is 0.782. The molecule has 0 radical (unpaired) electrons. The second-order valence-corrected chi connectivity index (χ2v) is 8.49. The number of hydrogen-bond acceptors (Lipinski definition) is 7. The molecule has 0 spiro atoms. The van der Waals surface area contributed by atoms with E-state index in [-0.39, 0.29) is 28.6 Å². The summed E-state index contributed by atoms with van der Waals surface area (Å²) in [5.74, 6) is 0.213. The minimum Gasteiger partial charge on any atom is -0.444 e.